The molecular formula is C33H27N3O. The van der Waals surface area contributed by atoms with Crippen LogP contribution in [0.1, 0.15) is 11.1 Å². The second-order valence-corrected chi connectivity index (χ2v) is 8.76. The van der Waals surface area contributed by atoms with Crippen molar-refractivity contribution in [2.75, 3.05) is 0 Å². The number of hydrogen-bond acceptors (Lipinski definition) is 3. The van der Waals surface area contributed by atoms with E-state index in [9.17, 15) is 0 Å². The molecule has 0 radical (unpaired) electrons. The first-order valence-corrected chi connectivity index (χ1v) is 12.1. The van der Waals surface area contributed by atoms with E-state index in [1.165, 1.54) is 0 Å². The van der Waals surface area contributed by atoms with Gasteiger partial charge in [-0.15, -0.1) is 0 Å². The van der Waals surface area contributed by atoms with Crippen LogP contribution in [0.4, 0.5) is 0 Å². The number of fused-ring (bicyclic) bond motifs is 3. The summed E-state index contributed by atoms with van der Waals surface area (Å²) in [5, 5.41) is 10.1. The normalized spacial score (nSPS) is 10.6. The van der Waals surface area contributed by atoms with Crippen molar-refractivity contribution in [3.05, 3.63) is 132 Å². The minimum atomic E-state index is 0.0879. The Bertz CT molecular complexity index is 1630. The summed E-state index contributed by atoms with van der Waals surface area (Å²) >= 11 is 0. The van der Waals surface area contributed by atoms with Gasteiger partial charge in [0.2, 0.25) is 0 Å². The number of nitrogens with zero attached hydrogens (tertiary/aromatic N) is 1. The summed E-state index contributed by atoms with van der Waals surface area (Å²) in [5.74, 6) is 0.0879. The molecule has 3 N–H and O–H groups in total. The number of para-hydroxylation sites is 1. The SMILES string of the molecule is C=NCc1ccc2c(c1)oc1ccccc12.N=C(N)c1cc(-c2ccccc2)cc(-c2ccccc2)c1. The Hall–Kier alpha value is -4.96. The lowest BCUT2D eigenvalue weighted by molar-refractivity contribution is 0.668. The second-order valence-electron chi connectivity index (χ2n) is 8.76. The molecule has 0 aliphatic heterocycles. The minimum absolute atomic E-state index is 0.0879. The first-order chi connectivity index (χ1) is 18.1. The van der Waals surface area contributed by atoms with Gasteiger partial charge in [0, 0.05) is 16.3 Å². The van der Waals surface area contributed by atoms with Gasteiger partial charge in [-0.05, 0) is 64.9 Å². The molecule has 6 rings (SSSR count). The highest BCUT2D eigenvalue weighted by atomic mass is 16.3. The molecule has 0 amide bonds. The molecule has 37 heavy (non-hydrogen) atoms. The molecule has 6 aromatic rings. The van der Waals surface area contributed by atoms with E-state index in [0.29, 0.717) is 6.54 Å². The van der Waals surface area contributed by atoms with E-state index in [-0.39, 0.29) is 5.84 Å². The van der Waals surface area contributed by atoms with Gasteiger partial charge in [-0.25, -0.2) is 0 Å². The Morgan fingerprint density at radius 1 is 0.649 bits per heavy atom. The Labute approximate surface area is 216 Å². The summed E-state index contributed by atoms with van der Waals surface area (Å²) in [5.41, 5.74) is 13.8. The maximum atomic E-state index is 7.73. The van der Waals surface area contributed by atoms with Crippen molar-refractivity contribution in [3.8, 4) is 22.3 Å². The molecule has 1 aromatic heterocycles. The summed E-state index contributed by atoms with van der Waals surface area (Å²) in [7, 11) is 0. The Balaban J connectivity index is 0.000000157. The van der Waals surface area contributed by atoms with Gasteiger partial charge >= 0.3 is 0 Å². The van der Waals surface area contributed by atoms with Crippen molar-refractivity contribution in [1.29, 1.82) is 5.41 Å². The first-order valence-electron chi connectivity index (χ1n) is 12.1. The minimum Gasteiger partial charge on any atom is -0.456 e. The van der Waals surface area contributed by atoms with Crippen molar-refractivity contribution in [2.24, 2.45) is 10.7 Å². The fourth-order valence-corrected chi connectivity index (χ4v) is 4.38. The Kier molecular flexibility index (Phi) is 6.91. The second kappa shape index (κ2) is 10.8. The predicted molar refractivity (Wildman–Crippen MR) is 155 cm³/mol. The van der Waals surface area contributed by atoms with Crippen LogP contribution in [0.15, 0.2) is 131 Å². The maximum absolute atomic E-state index is 7.73. The summed E-state index contributed by atoms with van der Waals surface area (Å²) in [6.07, 6.45) is 0. The van der Waals surface area contributed by atoms with E-state index < -0.39 is 0 Å². The van der Waals surface area contributed by atoms with Crippen molar-refractivity contribution in [2.45, 2.75) is 6.54 Å². The van der Waals surface area contributed by atoms with Gasteiger partial charge in [-0.2, -0.15) is 0 Å². The zero-order valence-corrected chi connectivity index (χ0v) is 20.4. The van der Waals surface area contributed by atoms with Gasteiger partial charge in [0.05, 0.1) is 6.54 Å². The fourth-order valence-electron chi connectivity index (χ4n) is 4.38. The van der Waals surface area contributed by atoms with Crippen LogP contribution in [0.3, 0.4) is 0 Å². The van der Waals surface area contributed by atoms with E-state index >= 15 is 0 Å². The standard InChI is InChI=1S/C19H16N2.C14H11NO/c20-19(21)18-12-16(14-7-3-1-4-8-14)11-17(13-18)15-9-5-2-6-10-15;1-15-9-10-6-7-12-11-4-2-3-5-13(11)16-14(12)8-10/h1-13H,(H3,20,21);2-8H,1,9H2. The van der Waals surface area contributed by atoms with Crippen LogP contribution in [0, 0.1) is 5.41 Å². The molecule has 1 heterocycles. The van der Waals surface area contributed by atoms with E-state index in [1.54, 1.807) is 0 Å². The number of amidine groups is 1. The monoisotopic (exact) mass is 481 g/mol. The van der Waals surface area contributed by atoms with Crippen molar-refractivity contribution < 1.29 is 4.42 Å². The molecule has 180 valence electrons. The topological polar surface area (TPSA) is 75.4 Å². The summed E-state index contributed by atoms with van der Waals surface area (Å²) in [4.78, 5) is 3.87. The quantitative estimate of drug-likeness (QED) is 0.193. The molecule has 0 unspecified atom stereocenters. The number of nitrogens with two attached hydrogens (primary N) is 1. The maximum Gasteiger partial charge on any atom is 0.135 e. The Morgan fingerprint density at radius 3 is 1.81 bits per heavy atom. The van der Waals surface area contributed by atoms with E-state index in [0.717, 1.165) is 55.3 Å². The largest absolute Gasteiger partial charge is 0.456 e. The van der Waals surface area contributed by atoms with Gasteiger partial charge in [0.1, 0.15) is 17.0 Å². The van der Waals surface area contributed by atoms with Gasteiger partial charge < -0.3 is 10.2 Å². The highest BCUT2D eigenvalue weighted by molar-refractivity contribution is 6.04. The fraction of sp³-hybridized carbons (Fsp3) is 0.0303. The molecular weight excluding hydrogens is 454 g/mol. The number of furan rings is 1. The van der Waals surface area contributed by atoms with E-state index in [2.05, 4.69) is 60.2 Å². The van der Waals surface area contributed by atoms with Crippen LogP contribution in [-0.2, 0) is 6.54 Å². The third-order valence-corrected chi connectivity index (χ3v) is 6.20. The average molecular weight is 482 g/mol. The average Bonchev–Trinajstić information content (AvgIpc) is 3.32. The summed E-state index contributed by atoms with van der Waals surface area (Å²) in [6, 6.07) is 40.6. The lowest BCUT2D eigenvalue weighted by Gasteiger charge is -2.10. The molecule has 0 aliphatic rings. The van der Waals surface area contributed by atoms with Gasteiger partial charge in [0.15, 0.2) is 0 Å². The molecule has 0 bridgehead atoms. The number of nitrogens with one attached hydrogen (secondary N) is 1. The van der Waals surface area contributed by atoms with Crippen molar-refractivity contribution in [3.63, 3.8) is 0 Å². The van der Waals surface area contributed by atoms with Gasteiger partial charge in [-0.1, -0.05) is 91.0 Å². The van der Waals surface area contributed by atoms with Crippen LogP contribution in [0.2, 0.25) is 0 Å². The van der Waals surface area contributed by atoms with Crippen molar-refractivity contribution in [1.82, 2.24) is 0 Å². The lowest BCUT2D eigenvalue weighted by Crippen LogP contribution is -2.11. The van der Waals surface area contributed by atoms with E-state index in [1.807, 2.05) is 72.8 Å². The molecule has 0 atom stereocenters. The predicted octanol–water partition coefficient (Wildman–Crippen LogP) is 8.09. The van der Waals surface area contributed by atoms with Crippen LogP contribution >= 0.6 is 0 Å². The third kappa shape index (κ3) is 5.34. The van der Waals surface area contributed by atoms with Crippen LogP contribution in [0.25, 0.3) is 44.2 Å². The van der Waals surface area contributed by atoms with Crippen LogP contribution in [-0.4, -0.2) is 12.6 Å². The number of nitrogen functional groups attached to an aromatic ring is 1. The molecule has 0 saturated heterocycles. The number of aliphatic imine (C=N–C) groups is 1. The summed E-state index contributed by atoms with van der Waals surface area (Å²) in [6.45, 7) is 4.13. The Morgan fingerprint density at radius 2 is 1.22 bits per heavy atom. The van der Waals surface area contributed by atoms with Crippen LogP contribution in [0.5, 0.6) is 0 Å². The molecule has 4 nitrogen and oxygen atoms in total. The van der Waals surface area contributed by atoms with Gasteiger partial charge in [-0.3, -0.25) is 10.4 Å². The molecule has 0 saturated carbocycles. The number of benzene rings is 5. The number of hydrogen-bond donors (Lipinski definition) is 2. The molecule has 0 aliphatic carbocycles. The molecule has 0 spiro atoms. The van der Waals surface area contributed by atoms with Crippen LogP contribution < -0.4 is 5.73 Å². The van der Waals surface area contributed by atoms with E-state index in [4.69, 9.17) is 15.6 Å². The smallest absolute Gasteiger partial charge is 0.135 e. The van der Waals surface area contributed by atoms with Gasteiger partial charge in [0.25, 0.3) is 0 Å². The number of rotatable bonds is 5. The zero-order valence-electron chi connectivity index (χ0n) is 20.4. The molecule has 4 heteroatoms. The first kappa shape index (κ1) is 23.8. The molecule has 5 aromatic carbocycles. The highest BCUT2D eigenvalue weighted by Gasteiger charge is 2.07. The third-order valence-electron chi connectivity index (χ3n) is 6.20. The molecule has 0 fully saturated rings. The lowest BCUT2D eigenvalue weighted by atomic mass is 9.96. The summed E-state index contributed by atoms with van der Waals surface area (Å²) < 4.78 is 5.78. The van der Waals surface area contributed by atoms with Crippen molar-refractivity contribution >= 4 is 34.5 Å². The highest BCUT2D eigenvalue weighted by Crippen LogP contribution is 2.30. The zero-order chi connectivity index (χ0) is 25.6.